The second-order valence-electron chi connectivity index (χ2n) is 6.14. The summed E-state index contributed by atoms with van der Waals surface area (Å²) in [6, 6.07) is 3.25. The number of aryl methyl sites for hydroxylation is 1. The van der Waals surface area contributed by atoms with Gasteiger partial charge in [0.15, 0.2) is 5.82 Å². The lowest BCUT2D eigenvalue weighted by molar-refractivity contribution is 0.0780. The number of aliphatic hydroxyl groups excluding tert-OH is 1. The predicted molar refractivity (Wildman–Crippen MR) is 84.1 cm³/mol. The second kappa shape index (κ2) is 6.32. The number of halogens is 2. The zero-order chi connectivity index (χ0) is 17.4. The quantitative estimate of drug-likeness (QED) is 0.936. The van der Waals surface area contributed by atoms with Gasteiger partial charge in [0.2, 0.25) is 0 Å². The van der Waals surface area contributed by atoms with E-state index in [9.17, 15) is 18.7 Å². The molecule has 1 aliphatic rings. The van der Waals surface area contributed by atoms with Crippen LogP contribution in [0.15, 0.2) is 18.2 Å². The van der Waals surface area contributed by atoms with E-state index in [1.54, 1.807) is 18.7 Å². The highest BCUT2D eigenvalue weighted by Crippen LogP contribution is 2.24. The summed E-state index contributed by atoms with van der Waals surface area (Å²) in [4.78, 5) is 14.5. The maximum absolute atomic E-state index is 14.0. The molecule has 1 unspecified atom stereocenters. The molecule has 0 radical (unpaired) electrons. The molecule has 24 heavy (non-hydrogen) atoms. The first kappa shape index (κ1) is 16.6. The fourth-order valence-electron chi connectivity index (χ4n) is 3.16. The van der Waals surface area contributed by atoms with Gasteiger partial charge in [0.25, 0.3) is 5.91 Å². The Morgan fingerprint density at radius 1 is 1.38 bits per heavy atom. The third-order valence-electron chi connectivity index (χ3n) is 4.47. The highest BCUT2D eigenvalue weighted by molar-refractivity contribution is 5.96. The van der Waals surface area contributed by atoms with E-state index in [4.69, 9.17) is 0 Å². The molecule has 2 heterocycles. The van der Waals surface area contributed by atoms with E-state index in [0.29, 0.717) is 30.0 Å². The molecule has 7 heteroatoms. The van der Waals surface area contributed by atoms with Gasteiger partial charge in [-0.1, -0.05) is 0 Å². The van der Waals surface area contributed by atoms with Crippen molar-refractivity contribution in [3.05, 3.63) is 46.8 Å². The van der Waals surface area contributed by atoms with Gasteiger partial charge in [0, 0.05) is 31.7 Å². The van der Waals surface area contributed by atoms with Gasteiger partial charge in [-0.2, -0.15) is 5.10 Å². The van der Waals surface area contributed by atoms with Crippen LogP contribution in [0.2, 0.25) is 0 Å². The molecular weight excluding hydrogens is 316 g/mol. The standard InChI is InChI=1S/C17H19F2N3O2/c1-10-16(17(24)21-6-5-12(8-21)9-23)11(2)22(20-10)15-4-3-13(18)7-14(15)19/h3-4,7,12,23H,5-6,8-9H2,1-2H3. The summed E-state index contributed by atoms with van der Waals surface area (Å²) in [5, 5.41) is 13.5. The van der Waals surface area contributed by atoms with E-state index < -0.39 is 11.6 Å². The molecular formula is C17H19F2N3O2. The molecule has 1 aliphatic heterocycles. The number of carbonyl (C=O) groups is 1. The molecule has 1 fully saturated rings. The average Bonchev–Trinajstić information content (AvgIpc) is 3.12. The first-order valence-corrected chi connectivity index (χ1v) is 7.84. The fraction of sp³-hybridized carbons (Fsp3) is 0.412. The number of nitrogens with zero attached hydrogens (tertiary/aromatic N) is 3. The van der Waals surface area contributed by atoms with Crippen LogP contribution in [0.5, 0.6) is 0 Å². The number of likely N-dealkylation sites (tertiary alicyclic amines) is 1. The van der Waals surface area contributed by atoms with Gasteiger partial charge >= 0.3 is 0 Å². The van der Waals surface area contributed by atoms with Crippen LogP contribution in [0.4, 0.5) is 8.78 Å². The van der Waals surface area contributed by atoms with Crippen LogP contribution in [0.3, 0.4) is 0 Å². The van der Waals surface area contributed by atoms with Gasteiger partial charge in [-0.3, -0.25) is 4.79 Å². The molecule has 1 N–H and O–H groups in total. The van der Waals surface area contributed by atoms with Crippen molar-refractivity contribution in [1.82, 2.24) is 14.7 Å². The molecule has 5 nitrogen and oxygen atoms in total. The van der Waals surface area contributed by atoms with Gasteiger partial charge < -0.3 is 10.0 Å². The van der Waals surface area contributed by atoms with Crippen LogP contribution in [-0.4, -0.2) is 45.4 Å². The molecule has 3 rings (SSSR count). The molecule has 1 saturated heterocycles. The fourth-order valence-corrected chi connectivity index (χ4v) is 3.16. The lowest BCUT2D eigenvalue weighted by Crippen LogP contribution is -2.30. The Hall–Kier alpha value is -2.28. The first-order chi connectivity index (χ1) is 11.4. The van der Waals surface area contributed by atoms with Crippen LogP contribution in [0.25, 0.3) is 5.69 Å². The maximum atomic E-state index is 14.0. The summed E-state index contributed by atoms with van der Waals surface area (Å²) in [7, 11) is 0. The van der Waals surface area contributed by atoms with Gasteiger partial charge in [0.1, 0.15) is 11.5 Å². The van der Waals surface area contributed by atoms with Gasteiger partial charge in [0.05, 0.1) is 17.0 Å². The van der Waals surface area contributed by atoms with Crippen molar-refractivity contribution in [2.75, 3.05) is 19.7 Å². The van der Waals surface area contributed by atoms with Gasteiger partial charge in [-0.05, 0) is 32.4 Å². The largest absolute Gasteiger partial charge is 0.396 e. The summed E-state index contributed by atoms with van der Waals surface area (Å²) in [5.74, 6) is -1.48. The lowest BCUT2D eigenvalue weighted by atomic mass is 10.1. The van der Waals surface area contributed by atoms with Gasteiger partial charge in [-0.15, -0.1) is 0 Å². The highest BCUT2D eigenvalue weighted by atomic mass is 19.1. The third kappa shape index (κ3) is 2.80. The minimum absolute atomic E-state index is 0.0573. The number of carbonyl (C=O) groups excluding carboxylic acids is 1. The number of benzene rings is 1. The number of hydrogen-bond acceptors (Lipinski definition) is 3. The Balaban J connectivity index is 1.96. The van der Waals surface area contributed by atoms with Crippen LogP contribution >= 0.6 is 0 Å². The number of rotatable bonds is 3. The average molecular weight is 335 g/mol. The molecule has 2 aromatic rings. The Morgan fingerprint density at radius 3 is 2.75 bits per heavy atom. The zero-order valence-corrected chi connectivity index (χ0v) is 13.6. The summed E-state index contributed by atoms with van der Waals surface area (Å²) >= 11 is 0. The molecule has 0 saturated carbocycles. The van der Waals surface area contributed by atoms with Crippen molar-refractivity contribution >= 4 is 5.91 Å². The molecule has 128 valence electrons. The normalized spacial score (nSPS) is 17.5. The summed E-state index contributed by atoms with van der Waals surface area (Å²) in [5.41, 5.74) is 1.53. The SMILES string of the molecule is Cc1nn(-c2ccc(F)cc2F)c(C)c1C(=O)N1CCC(CO)C1. The van der Waals surface area contributed by atoms with Crippen molar-refractivity contribution in [3.63, 3.8) is 0 Å². The predicted octanol–water partition coefficient (Wildman–Crippen LogP) is 2.22. The summed E-state index contributed by atoms with van der Waals surface area (Å²) < 4.78 is 28.5. The van der Waals surface area contributed by atoms with Crippen LogP contribution in [-0.2, 0) is 0 Å². The molecule has 0 spiro atoms. The van der Waals surface area contributed by atoms with E-state index >= 15 is 0 Å². The topological polar surface area (TPSA) is 58.4 Å². The lowest BCUT2D eigenvalue weighted by Gasteiger charge is -2.16. The smallest absolute Gasteiger partial charge is 0.257 e. The van der Waals surface area contributed by atoms with Crippen LogP contribution < -0.4 is 0 Å². The highest BCUT2D eigenvalue weighted by Gasteiger charge is 2.30. The van der Waals surface area contributed by atoms with Crippen molar-refractivity contribution in [3.8, 4) is 5.69 Å². The maximum Gasteiger partial charge on any atom is 0.257 e. The Kier molecular flexibility index (Phi) is 4.36. The summed E-state index contributed by atoms with van der Waals surface area (Å²) in [6.45, 7) is 4.53. The van der Waals surface area contributed by atoms with Gasteiger partial charge in [-0.25, -0.2) is 13.5 Å². The summed E-state index contributed by atoms with van der Waals surface area (Å²) in [6.07, 6.45) is 0.765. The molecule has 1 aromatic carbocycles. The zero-order valence-electron chi connectivity index (χ0n) is 13.6. The Bertz CT molecular complexity index is 788. The number of aliphatic hydroxyl groups is 1. The van der Waals surface area contributed by atoms with Crippen LogP contribution in [0.1, 0.15) is 28.2 Å². The second-order valence-corrected chi connectivity index (χ2v) is 6.14. The van der Waals surface area contributed by atoms with Crippen molar-refractivity contribution < 1.29 is 18.7 Å². The molecule has 0 aliphatic carbocycles. The Labute approximate surface area is 138 Å². The van der Waals surface area contributed by atoms with E-state index in [-0.39, 0.29) is 24.1 Å². The van der Waals surface area contributed by atoms with Crippen LogP contribution in [0, 0.1) is 31.4 Å². The molecule has 1 amide bonds. The minimum atomic E-state index is -0.735. The van der Waals surface area contributed by atoms with Crippen molar-refractivity contribution in [2.45, 2.75) is 20.3 Å². The van der Waals surface area contributed by atoms with E-state index in [1.807, 2.05) is 0 Å². The molecule has 1 aromatic heterocycles. The monoisotopic (exact) mass is 335 g/mol. The Morgan fingerprint density at radius 2 is 2.12 bits per heavy atom. The van der Waals surface area contributed by atoms with E-state index in [1.165, 1.54) is 10.7 Å². The molecule has 0 bridgehead atoms. The minimum Gasteiger partial charge on any atom is -0.396 e. The molecule has 1 atom stereocenters. The van der Waals surface area contributed by atoms with Crippen molar-refractivity contribution in [1.29, 1.82) is 0 Å². The third-order valence-corrected chi connectivity index (χ3v) is 4.47. The first-order valence-electron chi connectivity index (χ1n) is 7.84. The number of amides is 1. The number of hydrogen-bond donors (Lipinski definition) is 1. The number of aromatic nitrogens is 2. The van der Waals surface area contributed by atoms with Crippen molar-refractivity contribution in [2.24, 2.45) is 5.92 Å². The van der Waals surface area contributed by atoms with E-state index in [2.05, 4.69) is 5.10 Å². The van der Waals surface area contributed by atoms with E-state index in [0.717, 1.165) is 18.6 Å².